The lowest BCUT2D eigenvalue weighted by Crippen LogP contribution is -2.09. The average Bonchev–Trinajstić information content (AvgIpc) is 2.04. The largest absolute Gasteiger partial charge is 0.393 e. The number of halogens is 2. The molecule has 0 aliphatic heterocycles. The molecule has 1 nitrogen and oxygen atoms in total. The van der Waals surface area contributed by atoms with Crippen LogP contribution in [-0.2, 0) is 6.42 Å². The first-order valence-corrected chi connectivity index (χ1v) is 4.09. The van der Waals surface area contributed by atoms with Gasteiger partial charge in [0.05, 0.1) is 6.61 Å². The van der Waals surface area contributed by atoms with Crippen LogP contribution in [0.1, 0.15) is 5.56 Å². The topological polar surface area (TPSA) is 20.2 Å². The molecule has 0 aromatic heterocycles. The maximum absolute atomic E-state index is 12.7. The normalized spacial score (nSPS) is 12.9. The molecule has 0 amide bonds. The quantitative estimate of drug-likeness (QED) is 0.771. The van der Waals surface area contributed by atoms with Crippen LogP contribution in [0.25, 0.3) is 0 Å². The molecule has 3 heteroatoms. The van der Waals surface area contributed by atoms with E-state index in [4.69, 9.17) is 16.7 Å². The number of rotatable bonds is 3. The number of benzene rings is 1. The molecule has 66 valence electrons. The summed E-state index contributed by atoms with van der Waals surface area (Å²) < 4.78 is 12.7. The van der Waals surface area contributed by atoms with Crippen LogP contribution < -0.4 is 0 Å². The Labute approximate surface area is 75.8 Å². The highest BCUT2D eigenvalue weighted by Crippen LogP contribution is 2.12. The molecule has 0 radical (unpaired) electrons. The summed E-state index contributed by atoms with van der Waals surface area (Å²) in [6, 6.07) is 6.98. The van der Waals surface area contributed by atoms with E-state index in [9.17, 15) is 4.39 Å². The molecular formula is C9H10ClFO. The summed E-state index contributed by atoms with van der Waals surface area (Å²) >= 11 is 5.69. The Hall–Kier alpha value is -0.600. The van der Waals surface area contributed by atoms with Crippen molar-refractivity contribution in [2.45, 2.75) is 12.6 Å². The first-order chi connectivity index (χ1) is 5.72. The van der Waals surface area contributed by atoms with Gasteiger partial charge in [-0.3, -0.25) is 0 Å². The molecule has 0 fully saturated rings. The first kappa shape index (κ1) is 9.49. The van der Waals surface area contributed by atoms with E-state index in [-0.39, 0.29) is 6.42 Å². The maximum atomic E-state index is 12.7. The van der Waals surface area contributed by atoms with Gasteiger partial charge in [0.1, 0.15) is 6.17 Å². The SMILES string of the molecule is OC[C@H](F)Cc1cccc(Cl)c1. The van der Waals surface area contributed by atoms with Crippen molar-refractivity contribution >= 4 is 11.6 Å². The van der Waals surface area contributed by atoms with Gasteiger partial charge in [0.2, 0.25) is 0 Å². The highest BCUT2D eigenvalue weighted by molar-refractivity contribution is 6.30. The standard InChI is InChI=1S/C9H10ClFO/c10-8-3-1-2-7(4-8)5-9(11)6-12/h1-4,9,12H,5-6H2/t9-/m1/s1. The van der Waals surface area contributed by atoms with Crippen LogP contribution in [0, 0.1) is 0 Å². The van der Waals surface area contributed by atoms with Crippen LogP contribution in [0.5, 0.6) is 0 Å². The van der Waals surface area contributed by atoms with Gasteiger partial charge < -0.3 is 5.11 Å². The van der Waals surface area contributed by atoms with E-state index in [1.807, 2.05) is 0 Å². The van der Waals surface area contributed by atoms with Gasteiger partial charge in [0.15, 0.2) is 0 Å². The van der Waals surface area contributed by atoms with Crippen LogP contribution in [0.2, 0.25) is 5.02 Å². The Kier molecular flexibility index (Phi) is 3.50. The highest BCUT2D eigenvalue weighted by Gasteiger charge is 2.05. The number of hydrogen-bond acceptors (Lipinski definition) is 1. The van der Waals surface area contributed by atoms with Gasteiger partial charge in [-0.05, 0) is 17.7 Å². The molecule has 1 aromatic carbocycles. The zero-order valence-electron chi connectivity index (χ0n) is 6.50. The molecule has 0 bridgehead atoms. The molecule has 12 heavy (non-hydrogen) atoms. The van der Waals surface area contributed by atoms with Crippen molar-refractivity contribution in [3.8, 4) is 0 Å². The summed E-state index contributed by atoms with van der Waals surface area (Å²) in [5.41, 5.74) is 0.809. The van der Waals surface area contributed by atoms with Crippen molar-refractivity contribution in [2.24, 2.45) is 0 Å². The smallest absolute Gasteiger partial charge is 0.127 e. The van der Waals surface area contributed by atoms with Gasteiger partial charge >= 0.3 is 0 Å². The molecule has 1 atom stereocenters. The Morgan fingerprint density at radius 1 is 1.50 bits per heavy atom. The predicted octanol–water partition coefficient (Wildman–Crippen LogP) is 2.21. The van der Waals surface area contributed by atoms with Crippen molar-refractivity contribution < 1.29 is 9.50 Å². The van der Waals surface area contributed by atoms with Crippen molar-refractivity contribution in [3.05, 3.63) is 34.9 Å². The molecule has 1 aromatic rings. The summed E-state index contributed by atoms with van der Waals surface area (Å²) in [7, 11) is 0. The number of hydrogen-bond donors (Lipinski definition) is 1. The third kappa shape index (κ3) is 2.80. The molecule has 0 aliphatic carbocycles. The predicted molar refractivity (Wildman–Crippen MR) is 47.1 cm³/mol. The van der Waals surface area contributed by atoms with Gasteiger partial charge in [-0.15, -0.1) is 0 Å². The zero-order chi connectivity index (χ0) is 8.97. The van der Waals surface area contributed by atoms with Gasteiger partial charge in [-0.25, -0.2) is 4.39 Å². The van der Waals surface area contributed by atoms with Crippen LogP contribution in [-0.4, -0.2) is 17.9 Å². The minimum Gasteiger partial charge on any atom is -0.393 e. The van der Waals surface area contributed by atoms with Crippen molar-refractivity contribution in [2.75, 3.05) is 6.61 Å². The molecule has 1 rings (SSSR count). The van der Waals surface area contributed by atoms with E-state index in [1.54, 1.807) is 24.3 Å². The number of alkyl halides is 1. The lowest BCUT2D eigenvalue weighted by Gasteiger charge is -2.04. The lowest BCUT2D eigenvalue weighted by atomic mass is 10.1. The molecule has 0 saturated heterocycles. The number of aliphatic hydroxyl groups excluding tert-OH is 1. The van der Waals surface area contributed by atoms with Gasteiger partial charge in [0.25, 0.3) is 0 Å². The minimum atomic E-state index is -1.19. The summed E-state index contributed by atoms with van der Waals surface area (Å²) in [5, 5.41) is 9.05. The van der Waals surface area contributed by atoms with E-state index in [0.717, 1.165) is 5.56 Å². The van der Waals surface area contributed by atoms with Gasteiger partial charge in [-0.2, -0.15) is 0 Å². The van der Waals surface area contributed by atoms with Crippen LogP contribution in [0.4, 0.5) is 4.39 Å². The fourth-order valence-corrected chi connectivity index (χ4v) is 1.20. The molecule has 0 spiro atoms. The minimum absolute atomic E-state index is 0.219. The molecule has 0 aliphatic rings. The van der Waals surface area contributed by atoms with Gasteiger partial charge in [0, 0.05) is 11.4 Å². The van der Waals surface area contributed by atoms with Crippen molar-refractivity contribution in [1.29, 1.82) is 0 Å². The molecular weight excluding hydrogens is 179 g/mol. The zero-order valence-corrected chi connectivity index (χ0v) is 7.26. The summed E-state index contributed by atoms with van der Waals surface area (Å²) in [5.74, 6) is 0. The Morgan fingerprint density at radius 3 is 2.83 bits per heavy atom. The van der Waals surface area contributed by atoms with E-state index < -0.39 is 12.8 Å². The maximum Gasteiger partial charge on any atom is 0.127 e. The van der Waals surface area contributed by atoms with E-state index in [2.05, 4.69) is 0 Å². The van der Waals surface area contributed by atoms with E-state index in [1.165, 1.54) is 0 Å². The summed E-state index contributed by atoms with van der Waals surface area (Å²) in [6.45, 7) is -0.438. The van der Waals surface area contributed by atoms with E-state index >= 15 is 0 Å². The summed E-state index contributed by atoms with van der Waals surface area (Å²) in [6.07, 6.45) is -0.972. The fourth-order valence-electron chi connectivity index (χ4n) is 0.984. The van der Waals surface area contributed by atoms with Crippen molar-refractivity contribution in [3.63, 3.8) is 0 Å². The third-order valence-electron chi connectivity index (χ3n) is 1.54. The fraction of sp³-hybridized carbons (Fsp3) is 0.333. The van der Waals surface area contributed by atoms with Gasteiger partial charge in [-0.1, -0.05) is 23.7 Å². The Morgan fingerprint density at radius 2 is 2.25 bits per heavy atom. The molecule has 1 N–H and O–H groups in total. The lowest BCUT2D eigenvalue weighted by molar-refractivity contribution is 0.177. The highest BCUT2D eigenvalue weighted by atomic mass is 35.5. The summed E-state index contributed by atoms with van der Waals surface area (Å²) in [4.78, 5) is 0. The molecule has 0 unspecified atom stereocenters. The monoisotopic (exact) mass is 188 g/mol. The second-order valence-corrected chi connectivity index (χ2v) is 3.05. The van der Waals surface area contributed by atoms with E-state index in [0.29, 0.717) is 5.02 Å². The van der Waals surface area contributed by atoms with Crippen molar-refractivity contribution in [1.82, 2.24) is 0 Å². The number of aliphatic hydroxyl groups is 1. The van der Waals surface area contributed by atoms with Crippen LogP contribution in [0.3, 0.4) is 0 Å². The van der Waals surface area contributed by atoms with Crippen LogP contribution in [0.15, 0.2) is 24.3 Å². The van der Waals surface area contributed by atoms with Crippen LogP contribution >= 0.6 is 11.6 Å². The second kappa shape index (κ2) is 4.43. The first-order valence-electron chi connectivity index (χ1n) is 3.71. The Balaban J connectivity index is 2.63. The average molecular weight is 189 g/mol. The molecule has 0 heterocycles. The third-order valence-corrected chi connectivity index (χ3v) is 1.78. The second-order valence-electron chi connectivity index (χ2n) is 2.61. The Bertz CT molecular complexity index is 252. The molecule has 0 saturated carbocycles.